The van der Waals surface area contributed by atoms with Gasteiger partial charge in [0, 0.05) is 71.6 Å². The molecule has 4 heterocycles. The molecule has 30 atom stereocenters. The molecular formula is C77H122O26. The third-order valence-electron chi connectivity index (χ3n) is 21.9. The summed E-state index contributed by atoms with van der Waals surface area (Å²) in [5, 5.41) is 157. The van der Waals surface area contributed by atoms with E-state index < -0.39 is 206 Å². The van der Waals surface area contributed by atoms with Crippen LogP contribution in [0.5, 0.6) is 0 Å². The Morgan fingerprint density at radius 1 is 0.650 bits per heavy atom. The Kier molecular flexibility index (Phi) is 33.7. The summed E-state index contributed by atoms with van der Waals surface area (Å²) < 4.78 is 43.1. The van der Waals surface area contributed by atoms with Crippen LogP contribution in [0.3, 0.4) is 0 Å². The molecule has 1 aliphatic carbocycles. The Hall–Kier alpha value is -4.37. The molecule has 0 aromatic heterocycles. The van der Waals surface area contributed by atoms with E-state index in [2.05, 4.69) is 0 Å². The zero-order valence-electron chi connectivity index (χ0n) is 62.2. The van der Waals surface area contributed by atoms with Crippen molar-refractivity contribution in [2.45, 2.75) is 339 Å². The Bertz CT molecular complexity index is 2970. The number of benzene rings is 1. The molecule has 14 N–H and O–H groups in total. The Labute approximate surface area is 606 Å². The number of aliphatic hydroxyl groups is 14. The fraction of sp³-hybridized carbons (Fsp3) is 0.779. The highest BCUT2D eigenvalue weighted by Crippen LogP contribution is 2.40. The van der Waals surface area contributed by atoms with E-state index >= 15 is 0 Å². The third-order valence-corrected chi connectivity index (χ3v) is 21.9. The summed E-state index contributed by atoms with van der Waals surface area (Å²) in [5.74, 6) is -11.3. The number of fused-ring (bicyclic) bond motifs is 3. The first-order valence-corrected chi connectivity index (χ1v) is 37.4. The summed E-state index contributed by atoms with van der Waals surface area (Å²) in [5.41, 5.74) is -0.565. The molecule has 5 aliphatic rings. The second-order valence-corrected chi connectivity index (χ2v) is 31.0. The van der Waals surface area contributed by atoms with E-state index in [-0.39, 0.29) is 112 Å². The van der Waals surface area contributed by atoms with Crippen LogP contribution in [0.2, 0.25) is 0 Å². The van der Waals surface area contributed by atoms with Crippen molar-refractivity contribution in [1.29, 1.82) is 0 Å². The number of rotatable bonds is 15. The third kappa shape index (κ3) is 24.8. The van der Waals surface area contributed by atoms with Crippen molar-refractivity contribution in [3.63, 3.8) is 0 Å². The summed E-state index contributed by atoms with van der Waals surface area (Å²) in [6.45, 7) is 20.0. The quantitative estimate of drug-likeness (QED) is 0.0799. The van der Waals surface area contributed by atoms with Gasteiger partial charge in [0.15, 0.2) is 24.1 Å². The molecule has 1 aromatic carbocycles. The number of hydrogen-bond donors (Lipinski definition) is 14. The lowest BCUT2D eigenvalue weighted by Crippen LogP contribution is -2.59. The Morgan fingerprint density at radius 2 is 1.27 bits per heavy atom. The molecule has 26 nitrogen and oxygen atoms in total. The van der Waals surface area contributed by atoms with Crippen LogP contribution in [0.1, 0.15) is 231 Å². The lowest BCUT2D eigenvalue weighted by atomic mass is 9.78. The van der Waals surface area contributed by atoms with Gasteiger partial charge < -0.3 is 105 Å². The van der Waals surface area contributed by atoms with Crippen LogP contribution in [0, 0.1) is 41.4 Å². The summed E-state index contributed by atoms with van der Waals surface area (Å²) in [6, 6.07) is 4.40. The Balaban J connectivity index is 1.05. The van der Waals surface area contributed by atoms with Crippen molar-refractivity contribution in [2.75, 3.05) is 0 Å². The van der Waals surface area contributed by atoms with E-state index in [0.717, 1.165) is 6.08 Å². The van der Waals surface area contributed by atoms with Crippen molar-refractivity contribution in [3.05, 3.63) is 70.8 Å². The highest BCUT2D eigenvalue weighted by Gasteiger charge is 2.51. The number of allylic oxidation sites excluding steroid dienone is 2. The number of hydrogen-bond acceptors (Lipinski definition) is 26. The maximum absolute atomic E-state index is 13.8. The molecule has 3 fully saturated rings. The van der Waals surface area contributed by atoms with Crippen molar-refractivity contribution in [3.8, 4) is 0 Å². The van der Waals surface area contributed by atoms with Crippen molar-refractivity contribution in [1.82, 2.24) is 0 Å². The van der Waals surface area contributed by atoms with Crippen molar-refractivity contribution >= 4 is 29.3 Å². The summed E-state index contributed by atoms with van der Waals surface area (Å²) in [4.78, 5) is 66.0. The molecule has 103 heavy (non-hydrogen) atoms. The molecule has 6 rings (SSSR count). The van der Waals surface area contributed by atoms with Gasteiger partial charge in [-0.25, -0.2) is 4.79 Å². The number of cyclic esters (lactones) is 1. The molecule has 0 unspecified atom stereocenters. The second kappa shape index (κ2) is 39.6. The number of ketones is 3. The van der Waals surface area contributed by atoms with Gasteiger partial charge in [0.1, 0.15) is 24.4 Å². The van der Waals surface area contributed by atoms with Crippen LogP contribution in [0.4, 0.5) is 0 Å². The van der Waals surface area contributed by atoms with Gasteiger partial charge in [0.2, 0.25) is 11.6 Å². The largest absolute Gasteiger partial charge is 0.459 e. The van der Waals surface area contributed by atoms with Gasteiger partial charge in [0.05, 0.1) is 103 Å². The number of aliphatic hydroxyl groups excluding tert-OH is 12. The van der Waals surface area contributed by atoms with E-state index in [1.165, 1.54) is 43.4 Å². The molecule has 0 radical (unpaired) electrons. The van der Waals surface area contributed by atoms with E-state index in [9.17, 15) is 95.5 Å². The standard InChI is InChI=1S/C77H122O26/c1-13-62(99-66-38-76(12,95)74(48(11)98-66)102-65-29-27-63(47(10)97-65)100-75(94)46(9)71(92)49-23-26-58-59(31-49)61(86)30-42(5)67(58)88)43(6)69(90)44(7)70(91)45(8)72-41(4)21-25-51(79)16-14-18-52(80)32-54(82)33-55(83)34-57-35-56(84)37-77(96,103-57)73(93)68(89)40(3)20-24-50(78)17-15-19-53(81)36-60(85)39(2)22-28-64(87)101-72/h21-23,25-26,28,30-31,39-41,43-48,50-57,60,62-63,65-66,68-72,74,78-85,89-92,95-96H,13-20,24,27,29,32-38H2,1-12H3/b25-21+,28-22+/t39-,40+,41-,43-,44+,45-,46+,47+,48-,50+,51-,52+,53+,54+,55-,56-,57+,60+,62-,63-,65-,66-,68-,69-,70-,71-,72-,74+,76+,77+/m0/s1. The second-order valence-electron chi connectivity index (χ2n) is 31.0. The number of Topliss-reactive ketones (excluding diaryl/α,β-unsaturated/α-hetero) is 2. The first-order chi connectivity index (χ1) is 48.2. The minimum atomic E-state index is -2.58. The fourth-order valence-electron chi connectivity index (χ4n) is 15.1. The van der Waals surface area contributed by atoms with Crippen molar-refractivity contribution in [2.24, 2.45) is 41.4 Å². The molecule has 26 heteroatoms. The monoisotopic (exact) mass is 1460 g/mol. The van der Waals surface area contributed by atoms with E-state index in [1.807, 2.05) is 6.92 Å². The molecular weight excluding hydrogens is 1340 g/mol. The van der Waals surface area contributed by atoms with Crippen LogP contribution < -0.4 is 0 Å². The van der Waals surface area contributed by atoms with Crippen LogP contribution in [-0.4, -0.2) is 235 Å². The summed E-state index contributed by atoms with van der Waals surface area (Å²) in [7, 11) is 0. The molecule has 586 valence electrons. The van der Waals surface area contributed by atoms with Gasteiger partial charge in [-0.05, 0) is 161 Å². The first kappa shape index (κ1) is 87.5. The molecule has 4 aliphatic heterocycles. The van der Waals surface area contributed by atoms with E-state index in [4.69, 9.17) is 33.2 Å². The topological polar surface area (TPSA) is 433 Å². The lowest BCUT2D eigenvalue weighted by Gasteiger charge is -2.47. The lowest BCUT2D eigenvalue weighted by molar-refractivity contribution is -0.330. The molecule has 1 aromatic rings. The molecule has 0 amide bonds. The summed E-state index contributed by atoms with van der Waals surface area (Å²) in [6.07, 6.45) is -13.5. The highest BCUT2D eigenvalue weighted by atomic mass is 16.7. The predicted octanol–water partition coefficient (Wildman–Crippen LogP) is 5.13. The number of carbonyl (C=O) groups excluding carboxylic acids is 5. The average Bonchev–Trinajstić information content (AvgIpc) is 0.797. The van der Waals surface area contributed by atoms with Crippen LogP contribution in [-0.2, 0) is 47.5 Å². The van der Waals surface area contributed by atoms with Gasteiger partial charge in [-0.1, -0.05) is 72.8 Å². The molecule has 3 saturated heterocycles. The smallest absolute Gasteiger partial charge is 0.330 e. The average molecular weight is 1460 g/mol. The fourth-order valence-corrected chi connectivity index (χ4v) is 15.1. The van der Waals surface area contributed by atoms with Gasteiger partial charge in [-0.3, -0.25) is 19.2 Å². The first-order valence-electron chi connectivity index (χ1n) is 37.4. The normalized spacial score (nSPS) is 39.1. The minimum Gasteiger partial charge on any atom is -0.459 e. The molecule has 0 spiro atoms. The number of ether oxygens (including phenoxy) is 7. The highest BCUT2D eigenvalue weighted by molar-refractivity contribution is 6.24. The number of carbonyl (C=O) groups is 5. The summed E-state index contributed by atoms with van der Waals surface area (Å²) >= 11 is 0. The number of esters is 2. The zero-order chi connectivity index (χ0) is 76.7. The predicted molar refractivity (Wildman–Crippen MR) is 375 cm³/mol. The van der Waals surface area contributed by atoms with Gasteiger partial charge >= 0.3 is 11.9 Å². The van der Waals surface area contributed by atoms with Gasteiger partial charge in [-0.2, -0.15) is 0 Å². The van der Waals surface area contributed by atoms with Crippen LogP contribution >= 0.6 is 0 Å². The maximum atomic E-state index is 13.8. The molecule has 2 bridgehead atoms. The maximum Gasteiger partial charge on any atom is 0.330 e. The zero-order valence-corrected chi connectivity index (χ0v) is 62.2. The minimum absolute atomic E-state index is 0.0469. The SMILES string of the molecule is CC[C@H](O[C@H]1C[C@@](C)(O)[C@H](O[C@H]2CC[C@H](OC(=O)[C@H](C)[C@H](O)c3ccc4c(c3)C(=O)C=C(C)C4=O)[C@@H](C)O2)[C@H](C)O1)[C@H](C)[C@H](O)[C@@H](C)[C@H](O)[C@H](C)[C@H]1OC(=O)/C=C/[C@H](C)[C@H](O)C[C@H](O)CCC[C@@H](O)CC[C@@H](C)[C@H](O)C(=O)[C@@]2(O)C[C@@H](O)C[C@@H](C[C@@H](O)C[C@H](O)C[C@H](O)CCC[C@H](O)/C=C/[C@@H]1C)O2. The van der Waals surface area contributed by atoms with Gasteiger partial charge in [-0.15, -0.1) is 0 Å². The van der Waals surface area contributed by atoms with Crippen LogP contribution in [0.15, 0.2) is 54.2 Å². The molecule has 0 saturated carbocycles. The van der Waals surface area contributed by atoms with Crippen molar-refractivity contribution < 1.29 is 129 Å². The van der Waals surface area contributed by atoms with E-state index in [0.29, 0.717) is 31.3 Å². The Morgan fingerprint density at radius 3 is 1.93 bits per heavy atom. The van der Waals surface area contributed by atoms with Gasteiger partial charge in [0.25, 0.3) is 0 Å². The van der Waals surface area contributed by atoms with Crippen LogP contribution in [0.25, 0.3) is 0 Å². The van der Waals surface area contributed by atoms with E-state index in [1.54, 1.807) is 75.3 Å².